The second-order valence-electron chi connectivity index (χ2n) is 4.67. The summed E-state index contributed by atoms with van der Waals surface area (Å²) in [6.07, 6.45) is 4.39. The highest BCUT2D eigenvalue weighted by molar-refractivity contribution is 5.89. The molecule has 1 atom stereocenters. The Balaban J connectivity index is 1.84. The molecule has 0 saturated carbocycles. The fraction of sp³-hybridized carbons (Fsp3) is 0.357. The van der Waals surface area contributed by atoms with Crippen molar-refractivity contribution in [1.29, 1.82) is 0 Å². The quantitative estimate of drug-likeness (QED) is 0.752. The molecule has 3 N–H and O–H groups in total. The molecule has 1 heterocycles. The summed E-state index contributed by atoms with van der Waals surface area (Å²) in [6.45, 7) is 2.23. The number of amides is 2. The summed E-state index contributed by atoms with van der Waals surface area (Å²) < 4.78 is 1.63. The minimum Gasteiger partial charge on any atom is -0.391 e. The van der Waals surface area contributed by atoms with Crippen LogP contribution in [0, 0.1) is 0 Å². The molecule has 0 aliphatic carbocycles. The summed E-state index contributed by atoms with van der Waals surface area (Å²) in [4.78, 5) is 11.7. The smallest absolute Gasteiger partial charge is 0.319 e. The van der Waals surface area contributed by atoms with Crippen LogP contribution in [0.4, 0.5) is 10.5 Å². The zero-order chi connectivity index (χ0) is 15.1. The van der Waals surface area contributed by atoms with Gasteiger partial charge in [-0.3, -0.25) is 0 Å². The van der Waals surface area contributed by atoms with Crippen molar-refractivity contribution >= 4 is 11.7 Å². The molecule has 2 aromatic rings. The Kier molecular flexibility index (Phi) is 5.28. The maximum absolute atomic E-state index is 11.7. The Morgan fingerprint density at radius 2 is 2.14 bits per heavy atom. The Hall–Kier alpha value is -2.41. The topological polar surface area (TPSA) is 92.1 Å². The number of anilines is 1. The highest BCUT2D eigenvalue weighted by atomic mass is 16.3. The zero-order valence-electron chi connectivity index (χ0n) is 11.9. The molecule has 0 aliphatic heterocycles. The third kappa shape index (κ3) is 4.57. The average Bonchev–Trinajstić information content (AvgIpc) is 3.00. The van der Waals surface area contributed by atoms with E-state index in [9.17, 15) is 9.90 Å². The molecule has 7 nitrogen and oxygen atoms in total. The molecule has 112 valence electrons. The first kappa shape index (κ1) is 15.0. The minimum atomic E-state index is -0.504. The number of hydrogen-bond donors (Lipinski definition) is 3. The molecule has 0 saturated heterocycles. The van der Waals surface area contributed by atoms with Crippen molar-refractivity contribution in [3.63, 3.8) is 0 Å². The van der Waals surface area contributed by atoms with Crippen LogP contribution in [0.5, 0.6) is 0 Å². The van der Waals surface area contributed by atoms with E-state index in [0.717, 1.165) is 12.1 Å². The van der Waals surface area contributed by atoms with Crippen LogP contribution in [0.2, 0.25) is 0 Å². The number of aliphatic hydroxyl groups excluding tert-OH is 1. The van der Waals surface area contributed by atoms with E-state index in [1.165, 1.54) is 0 Å². The molecule has 1 aromatic carbocycles. The number of carbonyl (C=O) groups is 1. The van der Waals surface area contributed by atoms with Crippen LogP contribution in [0.1, 0.15) is 19.8 Å². The van der Waals surface area contributed by atoms with E-state index >= 15 is 0 Å². The normalized spacial score (nSPS) is 11.9. The van der Waals surface area contributed by atoms with E-state index in [4.69, 9.17) is 0 Å². The third-order valence-electron chi connectivity index (χ3n) is 2.93. The van der Waals surface area contributed by atoms with Gasteiger partial charge in [-0.1, -0.05) is 18.6 Å². The monoisotopic (exact) mass is 289 g/mol. The fourth-order valence-electron chi connectivity index (χ4n) is 1.86. The van der Waals surface area contributed by atoms with Gasteiger partial charge in [0.05, 0.1) is 24.2 Å². The first-order valence-electron chi connectivity index (χ1n) is 6.88. The maximum Gasteiger partial charge on any atom is 0.319 e. The van der Waals surface area contributed by atoms with Gasteiger partial charge >= 0.3 is 6.03 Å². The van der Waals surface area contributed by atoms with E-state index in [2.05, 4.69) is 20.9 Å². The average molecular weight is 289 g/mol. The third-order valence-corrected chi connectivity index (χ3v) is 2.93. The summed E-state index contributed by atoms with van der Waals surface area (Å²) in [6, 6.07) is 6.88. The lowest BCUT2D eigenvalue weighted by Gasteiger charge is -2.12. The van der Waals surface area contributed by atoms with Gasteiger partial charge in [0, 0.05) is 12.2 Å². The van der Waals surface area contributed by atoms with Crippen molar-refractivity contribution in [2.24, 2.45) is 0 Å². The summed E-state index contributed by atoms with van der Waals surface area (Å²) in [5.74, 6) is 0. The second-order valence-corrected chi connectivity index (χ2v) is 4.67. The summed E-state index contributed by atoms with van der Waals surface area (Å²) in [5, 5.41) is 22.5. The molecule has 0 radical (unpaired) electrons. The molecular formula is C14H19N5O2. The highest BCUT2D eigenvalue weighted by Gasteiger charge is 2.06. The van der Waals surface area contributed by atoms with E-state index in [1.54, 1.807) is 29.2 Å². The van der Waals surface area contributed by atoms with Gasteiger partial charge in [0.1, 0.15) is 0 Å². The second kappa shape index (κ2) is 7.39. The van der Waals surface area contributed by atoms with Crippen molar-refractivity contribution in [1.82, 2.24) is 20.3 Å². The summed E-state index contributed by atoms with van der Waals surface area (Å²) >= 11 is 0. The van der Waals surface area contributed by atoms with Gasteiger partial charge in [0.15, 0.2) is 0 Å². The highest BCUT2D eigenvalue weighted by Crippen LogP contribution is 2.12. The molecule has 1 unspecified atom stereocenters. The Labute approximate surface area is 123 Å². The van der Waals surface area contributed by atoms with Crippen molar-refractivity contribution in [3.05, 3.63) is 36.7 Å². The van der Waals surface area contributed by atoms with E-state index < -0.39 is 6.10 Å². The van der Waals surface area contributed by atoms with Gasteiger partial charge < -0.3 is 15.7 Å². The standard InChI is InChI=1S/C14H19N5O2/c1-2-3-13(20)10-15-14(21)17-11-4-6-12(7-5-11)19-9-8-16-18-19/h4-9,13,20H,2-3,10H2,1H3,(H2,15,17,21). The lowest BCUT2D eigenvalue weighted by Crippen LogP contribution is -2.35. The first-order chi connectivity index (χ1) is 10.2. The van der Waals surface area contributed by atoms with Crippen LogP contribution in [-0.4, -0.2) is 38.8 Å². The van der Waals surface area contributed by atoms with Gasteiger partial charge in [-0.15, -0.1) is 5.10 Å². The molecule has 0 spiro atoms. The number of nitrogens with one attached hydrogen (secondary N) is 2. The molecular weight excluding hydrogens is 270 g/mol. The Bertz CT molecular complexity index is 553. The fourth-order valence-corrected chi connectivity index (χ4v) is 1.86. The van der Waals surface area contributed by atoms with Crippen molar-refractivity contribution in [2.75, 3.05) is 11.9 Å². The number of aliphatic hydroxyl groups is 1. The van der Waals surface area contributed by atoms with Crippen molar-refractivity contribution < 1.29 is 9.90 Å². The maximum atomic E-state index is 11.7. The molecule has 21 heavy (non-hydrogen) atoms. The molecule has 0 bridgehead atoms. The van der Waals surface area contributed by atoms with Gasteiger partial charge in [0.25, 0.3) is 0 Å². The van der Waals surface area contributed by atoms with Crippen LogP contribution in [0.15, 0.2) is 36.7 Å². The van der Waals surface area contributed by atoms with Gasteiger partial charge in [-0.2, -0.15) is 0 Å². The van der Waals surface area contributed by atoms with Crippen LogP contribution < -0.4 is 10.6 Å². The lowest BCUT2D eigenvalue weighted by molar-refractivity contribution is 0.162. The molecule has 1 aromatic heterocycles. The SMILES string of the molecule is CCCC(O)CNC(=O)Nc1ccc(-n2ccnn2)cc1. The van der Waals surface area contributed by atoms with Crippen molar-refractivity contribution in [3.8, 4) is 5.69 Å². The minimum absolute atomic E-state index is 0.247. The number of urea groups is 1. The van der Waals surface area contributed by atoms with E-state index in [-0.39, 0.29) is 12.6 Å². The van der Waals surface area contributed by atoms with Crippen LogP contribution >= 0.6 is 0 Å². The predicted molar refractivity (Wildman–Crippen MR) is 79.3 cm³/mol. The van der Waals surface area contributed by atoms with Crippen LogP contribution in [-0.2, 0) is 0 Å². The molecule has 0 fully saturated rings. The molecule has 0 aliphatic rings. The van der Waals surface area contributed by atoms with Gasteiger partial charge in [-0.25, -0.2) is 9.48 Å². The lowest BCUT2D eigenvalue weighted by atomic mass is 10.2. The molecule has 2 amide bonds. The number of benzene rings is 1. The Morgan fingerprint density at radius 3 is 2.76 bits per heavy atom. The van der Waals surface area contributed by atoms with E-state index in [1.807, 2.05) is 19.1 Å². The van der Waals surface area contributed by atoms with Crippen LogP contribution in [0.25, 0.3) is 5.69 Å². The first-order valence-corrected chi connectivity index (χ1v) is 6.88. The number of hydrogen-bond acceptors (Lipinski definition) is 4. The van der Waals surface area contributed by atoms with Gasteiger partial charge in [0.2, 0.25) is 0 Å². The number of rotatable bonds is 6. The number of aromatic nitrogens is 3. The number of nitrogens with zero attached hydrogens (tertiary/aromatic N) is 3. The Morgan fingerprint density at radius 1 is 1.38 bits per heavy atom. The largest absolute Gasteiger partial charge is 0.391 e. The number of carbonyl (C=O) groups excluding carboxylic acids is 1. The molecule has 2 rings (SSSR count). The predicted octanol–water partition coefficient (Wildman–Crippen LogP) is 1.55. The van der Waals surface area contributed by atoms with Crippen molar-refractivity contribution in [2.45, 2.75) is 25.9 Å². The van der Waals surface area contributed by atoms with E-state index in [0.29, 0.717) is 12.1 Å². The zero-order valence-corrected chi connectivity index (χ0v) is 11.9. The van der Waals surface area contributed by atoms with Gasteiger partial charge in [-0.05, 0) is 30.7 Å². The summed E-state index contributed by atoms with van der Waals surface area (Å²) in [5.41, 5.74) is 1.53. The summed E-state index contributed by atoms with van der Waals surface area (Å²) in [7, 11) is 0. The molecule has 7 heteroatoms. The van der Waals surface area contributed by atoms with Crippen LogP contribution in [0.3, 0.4) is 0 Å².